The van der Waals surface area contributed by atoms with Crippen molar-refractivity contribution in [2.45, 2.75) is 6.92 Å². The summed E-state index contributed by atoms with van der Waals surface area (Å²) in [5.41, 5.74) is 1.30. The molecular weight excluding hydrogens is 313 g/mol. The molecular formula is C17H16FN3O3. The van der Waals surface area contributed by atoms with Crippen molar-refractivity contribution < 1.29 is 18.8 Å². The highest BCUT2D eigenvalue weighted by atomic mass is 19.1. The molecule has 0 fully saturated rings. The molecule has 6 nitrogen and oxygen atoms in total. The van der Waals surface area contributed by atoms with Gasteiger partial charge in [0, 0.05) is 23.9 Å². The molecule has 3 amide bonds. The first-order valence-electron chi connectivity index (χ1n) is 7.15. The van der Waals surface area contributed by atoms with Gasteiger partial charge in [-0.25, -0.2) is 4.39 Å². The summed E-state index contributed by atoms with van der Waals surface area (Å²) in [6, 6.07) is 11.6. The number of carbonyl (C=O) groups excluding carboxylic acids is 3. The number of hydrogen-bond donors (Lipinski definition) is 3. The van der Waals surface area contributed by atoms with Crippen LogP contribution in [0.25, 0.3) is 0 Å². The zero-order chi connectivity index (χ0) is 17.5. The fraction of sp³-hybridized carbons (Fsp3) is 0.118. The molecule has 2 aromatic carbocycles. The minimum atomic E-state index is -0.475. The second kappa shape index (κ2) is 7.87. The summed E-state index contributed by atoms with van der Waals surface area (Å²) in [5, 5.41) is 7.65. The lowest BCUT2D eigenvalue weighted by molar-refractivity contribution is -0.115. The monoisotopic (exact) mass is 329 g/mol. The van der Waals surface area contributed by atoms with E-state index in [-0.39, 0.29) is 18.0 Å². The third kappa shape index (κ3) is 5.20. The fourth-order valence-corrected chi connectivity index (χ4v) is 1.95. The molecule has 0 saturated carbocycles. The van der Waals surface area contributed by atoms with Crippen molar-refractivity contribution in [3.05, 3.63) is 59.9 Å². The molecule has 0 aliphatic rings. The van der Waals surface area contributed by atoms with E-state index in [1.807, 2.05) is 0 Å². The van der Waals surface area contributed by atoms with Crippen molar-refractivity contribution >= 4 is 29.1 Å². The molecule has 0 bridgehead atoms. The highest BCUT2D eigenvalue weighted by molar-refractivity contribution is 5.99. The van der Waals surface area contributed by atoms with Gasteiger partial charge >= 0.3 is 0 Å². The number of halogens is 1. The molecule has 7 heteroatoms. The Bertz CT molecular complexity index is 760. The third-order valence-electron chi connectivity index (χ3n) is 2.98. The Hall–Kier alpha value is -3.22. The van der Waals surface area contributed by atoms with Gasteiger partial charge in [-0.05, 0) is 42.5 Å². The van der Waals surface area contributed by atoms with Gasteiger partial charge in [-0.15, -0.1) is 0 Å². The zero-order valence-electron chi connectivity index (χ0n) is 12.9. The number of amides is 3. The van der Waals surface area contributed by atoms with Crippen LogP contribution in [0.1, 0.15) is 17.3 Å². The summed E-state index contributed by atoms with van der Waals surface area (Å²) in [5.74, 6) is -1.56. The second-order valence-electron chi connectivity index (χ2n) is 5.00. The molecule has 24 heavy (non-hydrogen) atoms. The van der Waals surface area contributed by atoms with Crippen molar-refractivity contribution in [2.75, 3.05) is 17.2 Å². The lowest BCUT2D eigenvalue weighted by atomic mass is 10.2. The van der Waals surface area contributed by atoms with Crippen LogP contribution in [0.15, 0.2) is 48.5 Å². The second-order valence-corrected chi connectivity index (χ2v) is 5.00. The van der Waals surface area contributed by atoms with Crippen molar-refractivity contribution in [2.24, 2.45) is 0 Å². The van der Waals surface area contributed by atoms with Crippen LogP contribution < -0.4 is 16.0 Å². The lowest BCUT2D eigenvalue weighted by Crippen LogP contribution is -2.32. The largest absolute Gasteiger partial charge is 0.343 e. The Balaban J connectivity index is 1.88. The number of nitrogens with one attached hydrogen (secondary N) is 3. The zero-order valence-corrected chi connectivity index (χ0v) is 12.9. The third-order valence-corrected chi connectivity index (χ3v) is 2.98. The van der Waals surface area contributed by atoms with Gasteiger partial charge in [0.2, 0.25) is 11.8 Å². The van der Waals surface area contributed by atoms with Crippen LogP contribution in [0, 0.1) is 5.82 Å². The number of hydrogen-bond acceptors (Lipinski definition) is 3. The van der Waals surface area contributed by atoms with Gasteiger partial charge in [0.05, 0.1) is 6.54 Å². The summed E-state index contributed by atoms with van der Waals surface area (Å²) in [4.78, 5) is 34.7. The van der Waals surface area contributed by atoms with E-state index in [9.17, 15) is 18.8 Å². The van der Waals surface area contributed by atoms with Crippen LogP contribution in [-0.2, 0) is 9.59 Å². The van der Waals surface area contributed by atoms with Crippen molar-refractivity contribution in [3.63, 3.8) is 0 Å². The first-order chi connectivity index (χ1) is 11.4. The van der Waals surface area contributed by atoms with Crippen molar-refractivity contribution in [3.8, 4) is 0 Å². The molecule has 0 heterocycles. The van der Waals surface area contributed by atoms with Gasteiger partial charge in [-0.3, -0.25) is 14.4 Å². The Morgan fingerprint density at radius 1 is 0.958 bits per heavy atom. The molecule has 3 N–H and O–H groups in total. The summed E-state index contributed by atoms with van der Waals surface area (Å²) in [7, 11) is 0. The molecule has 0 radical (unpaired) electrons. The van der Waals surface area contributed by atoms with Crippen molar-refractivity contribution in [1.82, 2.24) is 5.32 Å². The molecule has 0 aromatic heterocycles. The van der Waals surface area contributed by atoms with E-state index in [1.54, 1.807) is 24.3 Å². The van der Waals surface area contributed by atoms with Crippen molar-refractivity contribution in [1.29, 1.82) is 0 Å². The number of carbonyl (C=O) groups is 3. The average molecular weight is 329 g/mol. The minimum Gasteiger partial charge on any atom is -0.343 e. The van der Waals surface area contributed by atoms with E-state index < -0.39 is 17.6 Å². The van der Waals surface area contributed by atoms with Gasteiger partial charge in [0.25, 0.3) is 5.91 Å². The Morgan fingerprint density at radius 2 is 1.58 bits per heavy atom. The molecule has 124 valence electrons. The Morgan fingerprint density at radius 3 is 2.21 bits per heavy atom. The Kier molecular flexibility index (Phi) is 5.62. The van der Waals surface area contributed by atoms with Crippen LogP contribution in [0.5, 0.6) is 0 Å². The van der Waals surface area contributed by atoms with Crippen LogP contribution in [-0.4, -0.2) is 24.3 Å². The van der Waals surface area contributed by atoms with Gasteiger partial charge in [-0.1, -0.05) is 6.07 Å². The first-order valence-corrected chi connectivity index (χ1v) is 7.15. The molecule has 0 aliphatic heterocycles. The number of anilines is 2. The summed E-state index contributed by atoms with van der Waals surface area (Å²) in [6.45, 7) is 1.15. The molecule has 0 saturated heterocycles. The summed E-state index contributed by atoms with van der Waals surface area (Å²) >= 11 is 0. The van der Waals surface area contributed by atoms with E-state index >= 15 is 0 Å². The summed E-state index contributed by atoms with van der Waals surface area (Å²) in [6.07, 6.45) is 0. The maximum absolute atomic E-state index is 12.8. The average Bonchev–Trinajstić information content (AvgIpc) is 2.53. The normalized spacial score (nSPS) is 9.92. The minimum absolute atomic E-state index is 0.218. The first kappa shape index (κ1) is 17.1. The van der Waals surface area contributed by atoms with Gasteiger partial charge < -0.3 is 16.0 Å². The number of rotatable bonds is 5. The molecule has 0 atom stereocenters. The predicted molar refractivity (Wildman–Crippen MR) is 88.1 cm³/mol. The fourth-order valence-electron chi connectivity index (χ4n) is 1.95. The summed E-state index contributed by atoms with van der Waals surface area (Å²) < 4.78 is 12.8. The highest BCUT2D eigenvalue weighted by Gasteiger charge is 2.08. The maximum Gasteiger partial charge on any atom is 0.251 e. The standard InChI is InChI=1S/C17H16FN3O3/c1-11(22)20-14-3-2-4-15(9-14)21-16(23)10-19-17(24)12-5-7-13(18)8-6-12/h2-9H,10H2,1H3,(H,19,24)(H,20,22)(H,21,23). The van der Waals surface area contributed by atoms with E-state index in [0.717, 1.165) is 0 Å². The quantitative estimate of drug-likeness (QED) is 0.785. The van der Waals surface area contributed by atoms with E-state index in [2.05, 4.69) is 16.0 Å². The van der Waals surface area contributed by atoms with Crippen LogP contribution in [0.3, 0.4) is 0 Å². The van der Waals surface area contributed by atoms with Gasteiger partial charge in [0.1, 0.15) is 5.82 Å². The van der Waals surface area contributed by atoms with Gasteiger partial charge in [0.15, 0.2) is 0 Å². The topological polar surface area (TPSA) is 87.3 Å². The highest BCUT2D eigenvalue weighted by Crippen LogP contribution is 2.14. The van der Waals surface area contributed by atoms with Gasteiger partial charge in [-0.2, -0.15) is 0 Å². The van der Waals surface area contributed by atoms with E-state index in [1.165, 1.54) is 31.2 Å². The predicted octanol–water partition coefficient (Wildman–Crippen LogP) is 2.15. The smallest absolute Gasteiger partial charge is 0.251 e. The molecule has 0 unspecified atom stereocenters. The molecule has 0 aliphatic carbocycles. The van der Waals surface area contributed by atoms with E-state index in [4.69, 9.17) is 0 Å². The maximum atomic E-state index is 12.8. The molecule has 2 rings (SSSR count). The van der Waals surface area contributed by atoms with Crippen LogP contribution in [0.2, 0.25) is 0 Å². The SMILES string of the molecule is CC(=O)Nc1cccc(NC(=O)CNC(=O)c2ccc(F)cc2)c1. The lowest BCUT2D eigenvalue weighted by Gasteiger charge is -2.09. The number of benzene rings is 2. The van der Waals surface area contributed by atoms with Crippen LogP contribution in [0.4, 0.5) is 15.8 Å². The Labute approximate surface area is 138 Å². The molecule has 0 spiro atoms. The van der Waals surface area contributed by atoms with Crippen LogP contribution >= 0.6 is 0 Å². The molecule has 2 aromatic rings. The van der Waals surface area contributed by atoms with E-state index in [0.29, 0.717) is 11.4 Å².